The molecule has 0 bridgehead atoms. The molecule has 0 saturated carbocycles. The van der Waals surface area contributed by atoms with Crippen LogP contribution in [0.5, 0.6) is 0 Å². The fourth-order valence-electron chi connectivity index (χ4n) is 1.94. The van der Waals surface area contributed by atoms with Gasteiger partial charge in [-0.3, -0.25) is 4.79 Å². The summed E-state index contributed by atoms with van der Waals surface area (Å²) in [5.74, 6) is -1.31. The number of aromatic carboxylic acids is 1. The molecule has 5 nitrogen and oxygen atoms in total. The Labute approximate surface area is 101 Å². The highest BCUT2D eigenvalue weighted by molar-refractivity contribution is 5.90. The first-order chi connectivity index (χ1) is 8.66. The van der Waals surface area contributed by atoms with Crippen LogP contribution < -0.4 is 5.43 Å². The smallest absolute Gasteiger partial charge is 0.358 e. The number of carboxylic acids is 1. The summed E-state index contributed by atoms with van der Waals surface area (Å²) in [7, 11) is 0. The molecule has 0 unspecified atom stereocenters. The number of nitrogens with one attached hydrogen (secondary N) is 1. The van der Waals surface area contributed by atoms with Crippen molar-refractivity contribution in [2.24, 2.45) is 0 Å². The van der Waals surface area contributed by atoms with Crippen molar-refractivity contribution in [3.63, 3.8) is 0 Å². The number of hydrogen-bond donors (Lipinski definition) is 2. The van der Waals surface area contributed by atoms with Crippen molar-refractivity contribution in [2.45, 2.75) is 0 Å². The fraction of sp³-hybridized carbons (Fsp3) is 0. The molecule has 5 heteroatoms. The van der Waals surface area contributed by atoms with Gasteiger partial charge in [0.1, 0.15) is 0 Å². The standard InChI is InChI=1S/C13H8N2O3/c16-12-8-5-7-3-1-2-4-9(7)15-10(8)6-14-11(12)13(17)18/h1-6,15H,(H,17,18). The van der Waals surface area contributed by atoms with Gasteiger partial charge in [0.25, 0.3) is 0 Å². The van der Waals surface area contributed by atoms with Crippen LogP contribution in [0.2, 0.25) is 0 Å². The van der Waals surface area contributed by atoms with E-state index >= 15 is 0 Å². The second-order valence-corrected chi connectivity index (χ2v) is 3.93. The van der Waals surface area contributed by atoms with Gasteiger partial charge in [-0.25, -0.2) is 9.78 Å². The number of carbonyl (C=O) groups is 1. The van der Waals surface area contributed by atoms with E-state index in [1.807, 2.05) is 24.3 Å². The van der Waals surface area contributed by atoms with Crippen molar-refractivity contribution in [2.75, 3.05) is 0 Å². The van der Waals surface area contributed by atoms with Crippen LogP contribution in [-0.4, -0.2) is 21.0 Å². The second kappa shape index (κ2) is 3.66. The highest BCUT2D eigenvalue weighted by Gasteiger charge is 2.17. The first-order valence-electron chi connectivity index (χ1n) is 5.31. The van der Waals surface area contributed by atoms with Crippen LogP contribution in [0.1, 0.15) is 10.5 Å². The molecule has 0 atom stereocenters. The van der Waals surface area contributed by atoms with E-state index < -0.39 is 17.1 Å². The van der Waals surface area contributed by atoms with Crippen LogP contribution in [0.3, 0.4) is 0 Å². The molecule has 2 heterocycles. The van der Waals surface area contributed by atoms with E-state index in [4.69, 9.17) is 5.11 Å². The van der Waals surface area contributed by atoms with E-state index in [1.165, 1.54) is 6.20 Å². The highest BCUT2D eigenvalue weighted by atomic mass is 16.4. The van der Waals surface area contributed by atoms with E-state index in [0.29, 0.717) is 11.3 Å². The van der Waals surface area contributed by atoms with Crippen LogP contribution in [0.4, 0.5) is 0 Å². The van der Waals surface area contributed by atoms with Gasteiger partial charge >= 0.3 is 5.97 Å². The Morgan fingerprint density at radius 1 is 1.28 bits per heavy atom. The third-order valence-electron chi connectivity index (χ3n) is 2.81. The Balaban J connectivity index is 2.45. The number of nitrogens with zero attached hydrogens (tertiary/aromatic N) is 1. The molecule has 0 fully saturated rings. The predicted octanol–water partition coefficient (Wildman–Crippen LogP) is 1.73. The molecule has 2 N–H and O–H groups in total. The summed E-state index contributed by atoms with van der Waals surface area (Å²) in [4.78, 5) is 29.5. The molecular formula is C13H8N2O3. The summed E-state index contributed by atoms with van der Waals surface area (Å²) in [6.07, 6.45) is 1.37. The largest absolute Gasteiger partial charge is 0.476 e. The first-order valence-corrected chi connectivity index (χ1v) is 5.31. The molecule has 2 aliphatic rings. The van der Waals surface area contributed by atoms with Crippen molar-refractivity contribution >= 4 is 16.9 Å². The fourth-order valence-corrected chi connectivity index (χ4v) is 1.94. The van der Waals surface area contributed by atoms with E-state index in [2.05, 4.69) is 9.97 Å². The van der Waals surface area contributed by atoms with Crippen molar-refractivity contribution in [1.82, 2.24) is 9.97 Å². The number of aromatic nitrogens is 2. The van der Waals surface area contributed by atoms with E-state index in [1.54, 1.807) is 6.07 Å². The Morgan fingerprint density at radius 2 is 2.06 bits per heavy atom. The zero-order valence-electron chi connectivity index (χ0n) is 9.18. The van der Waals surface area contributed by atoms with Crippen LogP contribution in [0, 0.1) is 0 Å². The maximum Gasteiger partial charge on any atom is 0.358 e. The van der Waals surface area contributed by atoms with Gasteiger partial charge in [-0.05, 0) is 17.5 Å². The van der Waals surface area contributed by atoms with Gasteiger partial charge in [-0.1, -0.05) is 18.2 Å². The number of rotatable bonds is 1. The quantitative estimate of drug-likeness (QED) is 0.634. The van der Waals surface area contributed by atoms with Gasteiger partial charge in [0.2, 0.25) is 5.43 Å². The van der Waals surface area contributed by atoms with Gasteiger partial charge < -0.3 is 10.1 Å². The third-order valence-corrected chi connectivity index (χ3v) is 2.81. The maximum absolute atomic E-state index is 12.0. The van der Waals surface area contributed by atoms with Crippen molar-refractivity contribution in [3.05, 3.63) is 52.4 Å². The van der Waals surface area contributed by atoms with Gasteiger partial charge in [0.15, 0.2) is 5.69 Å². The monoisotopic (exact) mass is 240 g/mol. The number of carboxylic acid groups (broad SMARTS) is 1. The average Bonchev–Trinajstić information content (AvgIpc) is 2.37. The molecule has 88 valence electrons. The summed E-state index contributed by atoms with van der Waals surface area (Å²) >= 11 is 0. The molecule has 0 amide bonds. The summed E-state index contributed by atoms with van der Waals surface area (Å²) in [6, 6.07) is 9.14. The molecule has 2 aliphatic heterocycles. The molecule has 18 heavy (non-hydrogen) atoms. The Bertz CT molecular complexity index is 792. The second-order valence-electron chi connectivity index (χ2n) is 3.93. The van der Waals surface area contributed by atoms with E-state index in [9.17, 15) is 9.59 Å². The maximum atomic E-state index is 12.0. The molecular weight excluding hydrogens is 232 g/mol. The molecule has 3 rings (SSSR count). The van der Waals surface area contributed by atoms with Crippen LogP contribution in [0.15, 0.2) is 41.3 Å². The van der Waals surface area contributed by atoms with E-state index in [-0.39, 0.29) is 0 Å². The lowest BCUT2D eigenvalue weighted by atomic mass is 10.1. The number of pyridine rings is 2. The summed E-state index contributed by atoms with van der Waals surface area (Å²) in [5, 5.41) is 9.72. The molecule has 0 spiro atoms. The normalized spacial score (nSPS) is 10.9. The SMILES string of the molecule is O=C(O)c1ncc2[nH]c3ccccc3cc-2c1=O. The van der Waals surface area contributed by atoms with Crippen molar-refractivity contribution in [3.8, 4) is 11.3 Å². The summed E-state index contributed by atoms with van der Waals surface area (Å²) < 4.78 is 0. The molecule has 0 saturated heterocycles. The molecule has 1 aromatic carbocycles. The lowest BCUT2D eigenvalue weighted by molar-refractivity contribution is 0.0689. The van der Waals surface area contributed by atoms with Crippen LogP contribution in [0.25, 0.3) is 22.2 Å². The minimum absolute atomic E-state index is 0.334. The highest BCUT2D eigenvalue weighted by Crippen LogP contribution is 2.21. The Morgan fingerprint density at radius 3 is 2.83 bits per heavy atom. The van der Waals surface area contributed by atoms with Crippen molar-refractivity contribution in [1.29, 1.82) is 0 Å². The number of H-pyrrole nitrogens is 1. The predicted molar refractivity (Wildman–Crippen MR) is 65.9 cm³/mol. The number of fused-ring (bicyclic) bond motifs is 2. The summed E-state index contributed by atoms with van der Waals surface area (Å²) in [5.41, 5.74) is 0.715. The third kappa shape index (κ3) is 1.45. The minimum Gasteiger partial charge on any atom is -0.476 e. The number of aromatic amines is 1. The lowest BCUT2D eigenvalue weighted by Gasteiger charge is -2.07. The van der Waals surface area contributed by atoms with Gasteiger partial charge in [0.05, 0.1) is 17.5 Å². The number of para-hydroxylation sites is 1. The molecule has 0 aliphatic carbocycles. The Kier molecular flexibility index (Phi) is 2.13. The lowest BCUT2D eigenvalue weighted by Crippen LogP contribution is -2.19. The Hall–Kier alpha value is -2.69. The molecule has 0 radical (unpaired) electrons. The van der Waals surface area contributed by atoms with Crippen molar-refractivity contribution < 1.29 is 9.90 Å². The zero-order valence-corrected chi connectivity index (χ0v) is 9.18. The number of hydrogen-bond acceptors (Lipinski definition) is 3. The zero-order chi connectivity index (χ0) is 12.7. The van der Waals surface area contributed by atoms with E-state index in [0.717, 1.165) is 10.9 Å². The van der Waals surface area contributed by atoms with Crippen LogP contribution >= 0.6 is 0 Å². The molecule has 0 aromatic heterocycles. The minimum atomic E-state index is -1.31. The first kappa shape index (κ1) is 10.5. The van der Waals surface area contributed by atoms with Gasteiger partial charge in [-0.15, -0.1) is 0 Å². The summed E-state index contributed by atoms with van der Waals surface area (Å²) in [6.45, 7) is 0. The van der Waals surface area contributed by atoms with Gasteiger partial charge in [-0.2, -0.15) is 0 Å². The molecule has 1 aromatic rings. The average molecular weight is 240 g/mol. The topological polar surface area (TPSA) is 83.0 Å². The number of benzene rings is 1. The van der Waals surface area contributed by atoms with Crippen LogP contribution in [-0.2, 0) is 0 Å². The van der Waals surface area contributed by atoms with Gasteiger partial charge in [0, 0.05) is 5.52 Å².